The van der Waals surface area contributed by atoms with Crippen molar-refractivity contribution in [3.63, 3.8) is 0 Å². The van der Waals surface area contributed by atoms with Crippen LogP contribution in [0.3, 0.4) is 0 Å². The van der Waals surface area contributed by atoms with Gasteiger partial charge in [-0.05, 0) is 70.9 Å². The third kappa shape index (κ3) is 5.01. The second kappa shape index (κ2) is 10.1. The van der Waals surface area contributed by atoms with Crippen molar-refractivity contribution < 1.29 is 14.3 Å². The summed E-state index contributed by atoms with van der Waals surface area (Å²) in [6.45, 7) is 9.81. The molecule has 4 rings (SSSR count). The molecule has 3 heterocycles. The smallest absolute Gasteiger partial charge is 0.192 e. The Morgan fingerprint density at radius 2 is 2.00 bits per heavy atom. The summed E-state index contributed by atoms with van der Waals surface area (Å²) in [5.74, 6) is 2.00. The van der Waals surface area contributed by atoms with E-state index in [0.29, 0.717) is 18.3 Å². The topological polar surface area (TPSA) is 71.2 Å². The van der Waals surface area contributed by atoms with Crippen LogP contribution >= 0.6 is 11.8 Å². The van der Waals surface area contributed by atoms with Crippen LogP contribution in [0.25, 0.3) is 11.4 Å². The molecule has 0 N–H and O–H groups in total. The average molecular weight is 469 g/mol. The lowest BCUT2D eigenvalue weighted by Gasteiger charge is -2.15. The van der Waals surface area contributed by atoms with E-state index in [-0.39, 0.29) is 11.9 Å². The number of ketones is 1. The minimum atomic E-state index is 0.109. The minimum Gasteiger partial charge on any atom is -0.497 e. The summed E-state index contributed by atoms with van der Waals surface area (Å²) in [5, 5.41) is 9.66. The molecule has 1 aliphatic heterocycles. The molecule has 2 aromatic heterocycles. The molecule has 0 spiro atoms. The van der Waals surface area contributed by atoms with E-state index in [1.165, 1.54) is 11.8 Å². The number of rotatable bonds is 9. The Balaban J connectivity index is 1.57. The van der Waals surface area contributed by atoms with Crippen molar-refractivity contribution in [2.24, 2.45) is 0 Å². The second-order valence-corrected chi connectivity index (χ2v) is 9.68. The molecule has 33 heavy (non-hydrogen) atoms. The van der Waals surface area contributed by atoms with Gasteiger partial charge in [-0.1, -0.05) is 11.8 Å². The molecule has 1 aliphatic rings. The van der Waals surface area contributed by atoms with Gasteiger partial charge in [-0.2, -0.15) is 0 Å². The van der Waals surface area contributed by atoms with Crippen molar-refractivity contribution in [1.82, 2.24) is 19.3 Å². The highest BCUT2D eigenvalue weighted by Crippen LogP contribution is 2.29. The number of ether oxygens (including phenoxy) is 2. The van der Waals surface area contributed by atoms with Gasteiger partial charge in [-0.15, -0.1) is 10.2 Å². The van der Waals surface area contributed by atoms with Gasteiger partial charge >= 0.3 is 0 Å². The first-order chi connectivity index (χ1) is 15.9. The molecule has 0 aliphatic carbocycles. The molecule has 1 atom stereocenters. The van der Waals surface area contributed by atoms with Gasteiger partial charge in [0.1, 0.15) is 5.75 Å². The van der Waals surface area contributed by atoms with Crippen LogP contribution in [0.5, 0.6) is 5.75 Å². The summed E-state index contributed by atoms with van der Waals surface area (Å²) in [7, 11) is 1.65. The number of benzene rings is 1. The summed E-state index contributed by atoms with van der Waals surface area (Å²) in [4.78, 5) is 13.1. The van der Waals surface area contributed by atoms with Crippen LogP contribution in [-0.2, 0) is 11.3 Å². The van der Waals surface area contributed by atoms with E-state index in [2.05, 4.69) is 40.1 Å². The molecular formula is C25H32N4O3S. The molecule has 3 aromatic rings. The number of hydrogen-bond donors (Lipinski definition) is 0. The van der Waals surface area contributed by atoms with Gasteiger partial charge in [0.15, 0.2) is 16.8 Å². The number of aromatic nitrogens is 4. The second-order valence-electron chi connectivity index (χ2n) is 8.74. The van der Waals surface area contributed by atoms with Crippen molar-refractivity contribution in [3.05, 3.63) is 47.3 Å². The average Bonchev–Trinajstić information content (AvgIpc) is 3.52. The normalized spacial score (nSPS) is 16.0. The third-order valence-electron chi connectivity index (χ3n) is 6.11. The van der Waals surface area contributed by atoms with Gasteiger partial charge in [0.25, 0.3) is 0 Å². The minimum absolute atomic E-state index is 0.109. The molecule has 7 nitrogen and oxygen atoms in total. The van der Waals surface area contributed by atoms with Crippen LogP contribution < -0.4 is 4.74 Å². The van der Waals surface area contributed by atoms with Crippen LogP contribution in [-0.4, -0.2) is 50.7 Å². The van der Waals surface area contributed by atoms with E-state index in [9.17, 15) is 4.79 Å². The number of hydrogen-bond acceptors (Lipinski definition) is 6. The number of carbonyl (C=O) groups excluding carboxylic acids is 1. The van der Waals surface area contributed by atoms with Crippen LogP contribution in [0, 0.1) is 13.8 Å². The molecule has 0 amide bonds. The zero-order chi connectivity index (χ0) is 23.5. The quantitative estimate of drug-likeness (QED) is 0.321. The molecule has 0 radical (unpaired) electrons. The van der Waals surface area contributed by atoms with Gasteiger partial charge in [-0.25, -0.2) is 0 Å². The number of methoxy groups -OCH3 is 1. The highest BCUT2D eigenvalue weighted by molar-refractivity contribution is 7.99. The first kappa shape index (κ1) is 23.6. The largest absolute Gasteiger partial charge is 0.497 e. The van der Waals surface area contributed by atoms with Gasteiger partial charge in [-0.3, -0.25) is 9.36 Å². The maximum atomic E-state index is 13.1. The van der Waals surface area contributed by atoms with Crippen LogP contribution in [0.4, 0.5) is 0 Å². The maximum absolute atomic E-state index is 13.1. The van der Waals surface area contributed by atoms with Crippen molar-refractivity contribution >= 4 is 17.5 Å². The molecule has 176 valence electrons. The summed E-state index contributed by atoms with van der Waals surface area (Å²) >= 11 is 1.44. The Hall–Kier alpha value is -2.58. The standard InChI is InChI=1S/C25H32N4O3S/c1-16(2)29-17(3)13-22(18(29)4)23(30)15-33-25-27-26-24(19-8-10-20(31-5)11-9-19)28(25)14-21-7-6-12-32-21/h8-11,13,16,21H,6-7,12,14-15H2,1-5H3. The first-order valence-electron chi connectivity index (χ1n) is 11.4. The van der Waals surface area contributed by atoms with Crippen LogP contribution in [0.15, 0.2) is 35.5 Å². The van der Waals surface area contributed by atoms with E-state index < -0.39 is 0 Å². The molecular weight excluding hydrogens is 436 g/mol. The van der Waals surface area contributed by atoms with Gasteiger partial charge in [0.2, 0.25) is 0 Å². The van der Waals surface area contributed by atoms with Gasteiger partial charge in [0, 0.05) is 35.2 Å². The number of Topliss-reactive ketones (excluding diaryl/α,β-unsaturated/α-hetero) is 1. The summed E-state index contributed by atoms with van der Waals surface area (Å²) in [6, 6.07) is 10.1. The molecule has 1 unspecified atom stereocenters. The summed E-state index contributed by atoms with van der Waals surface area (Å²) < 4.78 is 15.5. The van der Waals surface area contributed by atoms with Crippen molar-refractivity contribution in [2.75, 3.05) is 19.5 Å². The molecule has 8 heteroatoms. The van der Waals surface area contributed by atoms with Gasteiger partial charge < -0.3 is 14.0 Å². The third-order valence-corrected chi connectivity index (χ3v) is 7.08. The molecule has 0 saturated carbocycles. The molecule has 1 fully saturated rings. The SMILES string of the molecule is COc1ccc(-c2nnc(SCC(=O)c3cc(C)n(C(C)C)c3C)n2CC2CCCO2)cc1. The van der Waals surface area contributed by atoms with Crippen molar-refractivity contribution in [2.45, 2.75) is 64.4 Å². The molecule has 1 aromatic carbocycles. The summed E-state index contributed by atoms with van der Waals surface area (Å²) in [6.07, 6.45) is 2.22. The summed E-state index contributed by atoms with van der Waals surface area (Å²) in [5.41, 5.74) is 3.88. The Bertz CT molecular complexity index is 1110. The Morgan fingerprint density at radius 3 is 2.61 bits per heavy atom. The Labute approximate surface area is 199 Å². The number of thioether (sulfide) groups is 1. The fraction of sp³-hybridized carbons (Fsp3) is 0.480. The maximum Gasteiger partial charge on any atom is 0.192 e. The van der Waals surface area contributed by atoms with E-state index in [4.69, 9.17) is 9.47 Å². The van der Waals surface area contributed by atoms with E-state index in [0.717, 1.165) is 58.7 Å². The van der Waals surface area contributed by atoms with E-state index >= 15 is 0 Å². The van der Waals surface area contributed by atoms with Crippen molar-refractivity contribution in [1.29, 1.82) is 0 Å². The van der Waals surface area contributed by atoms with Crippen molar-refractivity contribution in [3.8, 4) is 17.1 Å². The molecule has 1 saturated heterocycles. The number of nitrogens with zero attached hydrogens (tertiary/aromatic N) is 4. The van der Waals surface area contributed by atoms with Crippen LogP contribution in [0.2, 0.25) is 0 Å². The van der Waals surface area contributed by atoms with E-state index in [1.54, 1.807) is 7.11 Å². The van der Waals surface area contributed by atoms with Gasteiger partial charge in [0.05, 0.1) is 25.5 Å². The predicted octanol–water partition coefficient (Wildman–Crippen LogP) is 5.11. The highest BCUT2D eigenvalue weighted by Gasteiger charge is 2.23. The fourth-order valence-electron chi connectivity index (χ4n) is 4.57. The molecule has 0 bridgehead atoms. The fourth-order valence-corrected chi connectivity index (χ4v) is 5.40. The van der Waals surface area contributed by atoms with E-state index in [1.807, 2.05) is 37.3 Å². The lowest BCUT2D eigenvalue weighted by Crippen LogP contribution is -2.17. The number of carbonyl (C=O) groups is 1. The lowest BCUT2D eigenvalue weighted by molar-refractivity contribution is 0.0953. The zero-order valence-electron chi connectivity index (χ0n) is 20.0. The Kier molecular flexibility index (Phi) is 7.24. The highest BCUT2D eigenvalue weighted by atomic mass is 32.2. The Morgan fingerprint density at radius 1 is 1.24 bits per heavy atom. The lowest BCUT2D eigenvalue weighted by atomic mass is 10.2. The van der Waals surface area contributed by atoms with Crippen LogP contribution in [0.1, 0.15) is 54.5 Å². The number of aryl methyl sites for hydroxylation is 1. The first-order valence-corrected chi connectivity index (χ1v) is 12.4. The predicted molar refractivity (Wildman–Crippen MR) is 130 cm³/mol. The zero-order valence-corrected chi connectivity index (χ0v) is 20.8. The monoisotopic (exact) mass is 468 g/mol.